The highest BCUT2D eigenvalue weighted by molar-refractivity contribution is 6.01. The van der Waals surface area contributed by atoms with E-state index >= 15 is 0 Å². The van der Waals surface area contributed by atoms with E-state index in [1.165, 1.54) is 31.4 Å². The van der Waals surface area contributed by atoms with Crippen LogP contribution in [-0.4, -0.2) is 12.3 Å². The highest BCUT2D eigenvalue weighted by Crippen LogP contribution is 2.25. The fourth-order valence-electron chi connectivity index (χ4n) is 1.92. The van der Waals surface area contributed by atoms with Crippen LogP contribution in [0, 0.1) is 5.92 Å². The Hall–Kier alpha value is -0.590. The third-order valence-corrected chi connectivity index (χ3v) is 2.54. The van der Waals surface area contributed by atoms with Gasteiger partial charge in [0.25, 0.3) is 0 Å². The van der Waals surface area contributed by atoms with Crippen molar-refractivity contribution in [3.8, 4) is 0 Å². The Kier molecular flexibility index (Phi) is 1.80. The average molecular weight is 149 g/mol. The second-order valence-electron chi connectivity index (χ2n) is 3.66. The van der Waals surface area contributed by atoms with Gasteiger partial charge in [-0.3, -0.25) is 4.99 Å². The number of hydrogen-bond acceptors (Lipinski definition) is 1. The lowest BCUT2D eigenvalue weighted by Crippen LogP contribution is -2.16. The first-order valence-corrected chi connectivity index (χ1v) is 4.60. The Bertz CT molecular complexity index is 213. The Labute approximate surface area is 68.2 Å². The largest absolute Gasteiger partial charge is 0.289 e. The fraction of sp³-hybridized carbons (Fsp3) is 0.700. The molecule has 1 nitrogen and oxygen atoms in total. The van der Waals surface area contributed by atoms with Crippen LogP contribution in [-0.2, 0) is 0 Å². The average Bonchev–Trinajstić information content (AvgIpc) is 2.04. The van der Waals surface area contributed by atoms with E-state index in [9.17, 15) is 0 Å². The first kappa shape index (κ1) is 7.08. The predicted octanol–water partition coefficient (Wildman–Crippen LogP) is 2.58. The van der Waals surface area contributed by atoms with E-state index in [-0.39, 0.29) is 0 Å². The van der Waals surface area contributed by atoms with E-state index in [1.54, 1.807) is 5.57 Å². The van der Waals surface area contributed by atoms with Crippen LogP contribution in [0.5, 0.6) is 0 Å². The van der Waals surface area contributed by atoms with Crippen molar-refractivity contribution in [3.05, 3.63) is 11.6 Å². The SMILES string of the molecule is CC1C=C2CCCCC2=NC1. The summed E-state index contributed by atoms with van der Waals surface area (Å²) in [5.74, 6) is 0.687. The van der Waals surface area contributed by atoms with Gasteiger partial charge in [-0.25, -0.2) is 0 Å². The molecule has 0 radical (unpaired) electrons. The second-order valence-corrected chi connectivity index (χ2v) is 3.66. The summed E-state index contributed by atoms with van der Waals surface area (Å²) in [5, 5.41) is 0. The van der Waals surface area contributed by atoms with Crippen LogP contribution in [0.15, 0.2) is 16.6 Å². The number of nitrogens with zero attached hydrogens (tertiary/aromatic N) is 1. The van der Waals surface area contributed by atoms with Crippen molar-refractivity contribution in [2.24, 2.45) is 10.9 Å². The minimum absolute atomic E-state index is 0.687. The van der Waals surface area contributed by atoms with E-state index in [2.05, 4.69) is 18.0 Å². The first-order valence-electron chi connectivity index (χ1n) is 4.60. The van der Waals surface area contributed by atoms with Crippen molar-refractivity contribution in [3.63, 3.8) is 0 Å². The van der Waals surface area contributed by atoms with E-state index < -0.39 is 0 Å². The van der Waals surface area contributed by atoms with Crippen molar-refractivity contribution >= 4 is 5.71 Å². The number of fused-ring (bicyclic) bond motifs is 1. The predicted molar refractivity (Wildman–Crippen MR) is 48.0 cm³/mol. The van der Waals surface area contributed by atoms with Crippen molar-refractivity contribution in [2.75, 3.05) is 6.54 Å². The van der Waals surface area contributed by atoms with E-state index in [0.717, 1.165) is 6.54 Å². The van der Waals surface area contributed by atoms with Gasteiger partial charge < -0.3 is 0 Å². The maximum atomic E-state index is 4.58. The lowest BCUT2D eigenvalue weighted by atomic mass is 9.88. The Morgan fingerprint density at radius 3 is 3.09 bits per heavy atom. The molecule has 1 fully saturated rings. The summed E-state index contributed by atoms with van der Waals surface area (Å²) in [7, 11) is 0. The van der Waals surface area contributed by atoms with Crippen molar-refractivity contribution < 1.29 is 0 Å². The zero-order valence-corrected chi connectivity index (χ0v) is 7.14. The lowest BCUT2D eigenvalue weighted by Gasteiger charge is -2.22. The summed E-state index contributed by atoms with van der Waals surface area (Å²) < 4.78 is 0. The molecule has 0 aromatic rings. The van der Waals surface area contributed by atoms with Crippen LogP contribution >= 0.6 is 0 Å². The van der Waals surface area contributed by atoms with E-state index in [1.807, 2.05) is 0 Å². The monoisotopic (exact) mass is 149 g/mol. The van der Waals surface area contributed by atoms with Gasteiger partial charge in [0.05, 0.1) is 0 Å². The van der Waals surface area contributed by atoms with Crippen LogP contribution in [0.3, 0.4) is 0 Å². The van der Waals surface area contributed by atoms with Crippen LogP contribution in [0.25, 0.3) is 0 Å². The standard InChI is InChI=1S/C10H15N/c1-8-6-9-4-2-3-5-10(9)11-7-8/h6,8H,2-5,7H2,1H3. The highest BCUT2D eigenvalue weighted by Gasteiger charge is 2.17. The van der Waals surface area contributed by atoms with Crippen molar-refractivity contribution in [1.82, 2.24) is 0 Å². The molecule has 0 bridgehead atoms. The van der Waals surface area contributed by atoms with Crippen LogP contribution in [0.1, 0.15) is 32.6 Å². The van der Waals surface area contributed by atoms with Crippen LogP contribution in [0.4, 0.5) is 0 Å². The maximum absolute atomic E-state index is 4.58. The van der Waals surface area contributed by atoms with Gasteiger partial charge in [0.2, 0.25) is 0 Å². The number of hydrogen-bond donors (Lipinski definition) is 0. The third-order valence-electron chi connectivity index (χ3n) is 2.54. The molecule has 1 atom stereocenters. The molecule has 0 aromatic carbocycles. The minimum Gasteiger partial charge on any atom is -0.289 e. The topological polar surface area (TPSA) is 12.4 Å². The quantitative estimate of drug-likeness (QED) is 0.502. The summed E-state index contributed by atoms with van der Waals surface area (Å²) >= 11 is 0. The molecule has 11 heavy (non-hydrogen) atoms. The first-order chi connectivity index (χ1) is 5.36. The number of dihydropyridines is 1. The Morgan fingerprint density at radius 2 is 2.18 bits per heavy atom. The summed E-state index contributed by atoms with van der Waals surface area (Å²) in [5.41, 5.74) is 2.96. The smallest absolute Gasteiger partial charge is 0.0453 e. The summed E-state index contributed by atoms with van der Waals surface area (Å²) in [6.45, 7) is 3.28. The number of rotatable bonds is 0. The van der Waals surface area contributed by atoms with Crippen molar-refractivity contribution in [2.45, 2.75) is 32.6 Å². The zero-order chi connectivity index (χ0) is 7.68. The van der Waals surface area contributed by atoms with Gasteiger partial charge in [-0.05, 0) is 37.2 Å². The molecular formula is C10H15N. The molecule has 2 rings (SSSR count). The zero-order valence-electron chi connectivity index (χ0n) is 7.14. The van der Waals surface area contributed by atoms with Gasteiger partial charge in [-0.15, -0.1) is 0 Å². The van der Waals surface area contributed by atoms with Gasteiger partial charge in [-0.2, -0.15) is 0 Å². The molecule has 60 valence electrons. The lowest BCUT2D eigenvalue weighted by molar-refractivity contribution is 0.669. The summed E-state index contributed by atoms with van der Waals surface area (Å²) in [4.78, 5) is 4.58. The second kappa shape index (κ2) is 2.80. The molecule has 1 heteroatoms. The molecule has 1 unspecified atom stereocenters. The summed E-state index contributed by atoms with van der Waals surface area (Å²) in [6, 6.07) is 0. The molecular weight excluding hydrogens is 134 g/mol. The maximum Gasteiger partial charge on any atom is 0.0453 e. The van der Waals surface area contributed by atoms with E-state index in [0.29, 0.717) is 5.92 Å². The number of allylic oxidation sites excluding steroid dienone is 1. The Morgan fingerprint density at radius 1 is 1.36 bits per heavy atom. The van der Waals surface area contributed by atoms with Crippen molar-refractivity contribution in [1.29, 1.82) is 0 Å². The molecule has 0 amide bonds. The van der Waals surface area contributed by atoms with Gasteiger partial charge >= 0.3 is 0 Å². The van der Waals surface area contributed by atoms with Gasteiger partial charge in [-0.1, -0.05) is 13.0 Å². The molecule has 1 saturated carbocycles. The fourth-order valence-corrected chi connectivity index (χ4v) is 1.92. The Balaban J connectivity index is 2.19. The molecule has 1 aliphatic heterocycles. The normalized spacial score (nSPS) is 30.5. The third kappa shape index (κ3) is 1.37. The summed E-state index contributed by atoms with van der Waals surface area (Å²) in [6.07, 6.45) is 7.66. The molecule has 2 aliphatic rings. The minimum atomic E-state index is 0.687. The van der Waals surface area contributed by atoms with E-state index in [4.69, 9.17) is 0 Å². The molecule has 1 heterocycles. The highest BCUT2D eigenvalue weighted by atomic mass is 14.8. The number of aliphatic imine (C=N–C) groups is 1. The van der Waals surface area contributed by atoms with Gasteiger partial charge in [0, 0.05) is 12.3 Å². The van der Waals surface area contributed by atoms with Crippen LogP contribution < -0.4 is 0 Å². The molecule has 1 aliphatic carbocycles. The van der Waals surface area contributed by atoms with Crippen LogP contribution in [0.2, 0.25) is 0 Å². The van der Waals surface area contributed by atoms with Gasteiger partial charge in [0.15, 0.2) is 0 Å². The van der Waals surface area contributed by atoms with Gasteiger partial charge in [0.1, 0.15) is 0 Å². The molecule has 0 N–H and O–H groups in total. The molecule has 0 aromatic heterocycles. The molecule has 0 saturated heterocycles. The molecule has 0 spiro atoms.